The summed E-state index contributed by atoms with van der Waals surface area (Å²) in [6.07, 6.45) is 0. The van der Waals surface area contributed by atoms with Crippen molar-refractivity contribution >= 4 is 27.3 Å². The van der Waals surface area contributed by atoms with Gasteiger partial charge in [-0.2, -0.15) is 4.72 Å². The summed E-state index contributed by atoms with van der Waals surface area (Å²) in [4.78, 5) is 16.3. The van der Waals surface area contributed by atoms with Gasteiger partial charge in [-0.15, -0.1) is 11.3 Å². The van der Waals surface area contributed by atoms with E-state index in [1.165, 1.54) is 35.6 Å². The van der Waals surface area contributed by atoms with Crippen LogP contribution in [0.4, 0.5) is 4.39 Å². The number of nitrogens with one attached hydrogen (secondary N) is 1. The van der Waals surface area contributed by atoms with Crippen molar-refractivity contribution in [3.63, 3.8) is 0 Å². The summed E-state index contributed by atoms with van der Waals surface area (Å²) in [5, 5.41) is 2.40. The summed E-state index contributed by atoms with van der Waals surface area (Å²) < 4.78 is 44.6. The van der Waals surface area contributed by atoms with Gasteiger partial charge in [0, 0.05) is 10.9 Å². The van der Waals surface area contributed by atoms with Gasteiger partial charge in [0.05, 0.1) is 10.6 Å². The van der Waals surface area contributed by atoms with Gasteiger partial charge < -0.3 is 4.74 Å². The lowest BCUT2D eigenvalue weighted by atomic mass is 10.2. The van der Waals surface area contributed by atoms with Gasteiger partial charge in [0.2, 0.25) is 10.0 Å². The Morgan fingerprint density at radius 2 is 1.82 bits per heavy atom. The standard InChI is InChI=1S/C19H17FN2O4S2/c1-13-2-8-17(9-3-13)28(24,25)21-10-18(23)26-11-16-12-27-19(22-16)14-4-6-15(20)7-5-14/h2-9,12,21H,10-11H2,1H3. The molecule has 0 fully saturated rings. The predicted molar refractivity (Wildman–Crippen MR) is 104 cm³/mol. The van der Waals surface area contributed by atoms with Crippen LogP contribution in [0.5, 0.6) is 0 Å². The molecule has 28 heavy (non-hydrogen) atoms. The molecule has 0 spiro atoms. The number of rotatable bonds is 7. The molecule has 0 saturated heterocycles. The van der Waals surface area contributed by atoms with E-state index in [4.69, 9.17) is 4.74 Å². The fraction of sp³-hybridized carbons (Fsp3) is 0.158. The van der Waals surface area contributed by atoms with Crippen LogP contribution in [-0.2, 0) is 26.2 Å². The van der Waals surface area contributed by atoms with Crippen molar-refractivity contribution in [1.29, 1.82) is 0 Å². The number of thiazole rings is 1. The second-order valence-corrected chi connectivity index (χ2v) is 8.57. The lowest BCUT2D eigenvalue weighted by Gasteiger charge is -2.07. The molecule has 0 aliphatic heterocycles. The number of aryl methyl sites for hydroxylation is 1. The van der Waals surface area contributed by atoms with E-state index < -0.39 is 22.5 Å². The molecule has 0 bridgehead atoms. The molecule has 0 amide bonds. The number of ether oxygens (including phenoxy) is 1. The topological polar surface area (TPSA) is 85.4 Å². The molecule has 1 heterocycles. The summed E-state index contributed by atoms with van der Waals surface area (Å²) in [5.74, 6) is -1.05. The molecule has 0 atom stereocenters. The lowest BCUT2D eigenvalue weighted by molar-refractivity contribution is -0.143. The van der Waals surface area contributed by atoms with Crippen molar-refractivity contribution in [3.8, 4) is 10.6 Å². The Hall–Kier alpha value is -2.62. The molecule has 0 radical (unpaired) electrons. The number of halogens is 1. The van der Waals surface area contributed by atoms with Gasteiger partial charge in [-0.25, -0.2) is 17.8 Å². The van der Waals surface area contributed by atoms with Gasteiger partial charge >= 0.3 is 5.97 Å². The number of esters is 1. The van der Waals surface area contributed by atoms with Crippen LogP contribution < -0.4 is 4.72 Å². The third-order valence-corrected chi connectivity index (χ3v) is 6.12. The predicted octanol–water partition coefficient (Wildman–Crippen LogP) is 3.28. The van der Waals surface area contributed by atoms with Gasteiger partial charge in [0.1, 0.15) is 24.0 Å². The van der Waals surface area contributed by atoms with Crippen molar-refractivity contribution in [2.24, 2.45) is 0 Å². The maximum atomic E-state index is 13.0. The Morgan fingerprint density at radius 3 is 2.50 bits per heavy atom. The summed E-state index contributed by atoms with van der Waals surface area (Å²) in [6, 6.07) is 12.2. The van der Waals surface area contributed by atoms with E-state index in [1.54, 1.807) is 29.6 Å². The van der Waals surface area contributed by atoms with Gasteiger partial charge in [-0.05, 0) is 43.3 Å². The molecule has 1 N–H and O–H groups in total. The Labute approximate surface area is 166 Å². The average molecular weight is 420 g/mol. The third kappa shape index (κ3) is 5.22. The van der Waals surface area contributed by atoms with Crippen molar-refractivity contribution in [2.75, 3.05) is 6.54 Å². The van der Waals surface area contributed by atoms with Crippen molar-refractivity contribution in [1.82, 2.24) is 9.71 Å². The number of sulfonamides is 1. The third-order valence-electron chi connectivity index (χ3n) is 3.76. The molecule has 6 nitrogen and oxygen atoms in total. The first-order valence-electron chi connectivity index (χ1n) is 8.26. The summed E-state index contributed by atoms with van der Waals surface area (Å²) in [5.41, 5.74) is 2.22. The first-order valence-corrected chi connectivity index (χ1v) is 10.6. The highest BCUT2D eigenvalue weighted by molar-refractivity contribution is 7.89. The normalized spacial score (nSPS) is 11.4. The second-order valence-electron chi connectivity index (χ2n) is 5.95. The fourth-order valence-corrected chi connectivity index (χ4v) is 4.04. The zero-order valence-electron chi connectivity index (χ0n) is 14.9. The first-order chi connectivity index (χ1) is 13.3. The van der Waals surface area contributed by atoms with Gasteiger partial charge in [-0.3, -0.25) is 4.79 Å². The molecule has 1 aromatic heterocycles. The molecule has 3 rings (SSSR count). The van der Waals surface area contributed by atoms with E-state index in [1.807, 2.05) is 6.92 Å². The SMILES string of the molecule is Cc1ccc(S(=O)(=O)NCC(=O)OCc2csc(-c3ccc(F)cc3)n2)cc1. The quantitative estimate of drug-likeness (QED) is 0.593. The first kappa shape index (κ1) is 20.1. The van der Waals surface area contributed by atoms with E-state index in [0.717, 1.165) is 11.1 Å². The van der Waals surface area contributed by atoms with E-state index in [-0.39, 0.29) is 17.3 Å². The number of hydrogen-bond acceptors (Lipinski definition) is 6. The molecule has 146 valence electrons. The smallest absolute Gasteiger partial charge is 0.321 e. The highest BCUT2D eigenvalue weighted by atomic mass is 32.2. The van der Waals surface area contributed by atoms with E-state index in [0.29, 0.717) is 10.7 Å². The number of hydrogen-bond donors (Lipinski definition) is 1. The Morgan fingerprint density at radius 1 is 1.14 bits per heavy atom. The maximum absolute atomic E-state index is 13.0. The molecule has 0 aliphatic rings. The van der Waals surface area contributed by atoms with Crippen LogP contribution in [0.15, 0.2) is 58.8 Å². The van der Waals surface area contributed by atoms with Crippen LogP contribution >= 0.6 is 11.3 Å². The lowest BCUT2D eigenvalue weighted by Crippen LogP contribution is -2.30. The highest BCUT2D eigenvalue weighted by Crippen LogP contribution is 2.24. The van der Waals surface area contributed by atoms with Crippen LogP contribution in [-0.4, -0.2) is 25.9 Å². The van der Waals surface area contributed by atoms with E-state index >= 15 is 0 Å². The van der Waals surface area contributed by atoms with Crippen LogP contribution in [0.2, 0.25) is 0 Å². The second kappa shape index (κ2) is 8.59. The molecule has 3 aromatic rings. The fourth-order valence-electron chi connectivity index (χ4n) is 2.26. The zero-order chi connectivity index (χ0) is 20.1. The van der Waals surface area contributed by atoms with Crippen molar-refractivity contribution in [3.05, 3.63) is 71.0 Å². The van der Waals surface area contributed by atoms with Crippen LogP contribution in [0.25, 0.3) is 10.6 Å². The van der Waals surface area contributed by atoms with Crippen LogP contribution in [0.3, 0.4) is 0 Å². The van der Waals surface area contributed by atoms with Gasteiger partial charge in [-0.1, -0.05) is 17.7 Å². The zero-order valence-corrected chi connectivity index (χ0v) is 16.5. The minimum atomic E-state index is -3.79. The Bertz CT molecular complexity index is 1060. The number of carbonyl (C=O) groups excluding carboxylic acids is 1. The van der Waals surface area contributed by atoms with E-state index in [9.17, 15) is 17.6 Å². The van der Waals surface area contributed by atoms with Gasteiger partial charge in [0.15, 0.2) is 0 Å². The molecule has 0 aliphatic carbocycles. The van der Waals surface area contributed by atoms with Crippen LogP contribution in [0.1, 0.15) is 11.3 Å². The largest absolute Gasteiger partial charge is 0.458 e. The molecular weight excluding hydrogens is 403 g/mol. The van der Waals surface area contributed by atoms with Crippen molar-refractivity contribution < 1.29 is 22.3 Å². The van der Waals surface area contributed by atoms with Crippen molar-refractivity contribution in [2.45, 2.75) is 18.4 Å². The molecule has 2 aromatic carbocycles. The Kier molecular flexibility index (Phi) is 6.18. The summed E-state index contributed by atoms with van der Waals surface area (Å²) in [7, 11) is -3.79. The Balaban J connectivity index is 1.52. The number of nitrogens with zero attached hydrogens (tertiary/aromatic N) is 1. The molecule has 0 saturated carbocycles. The summed E-state index contributed by atoms with van der Waals surface area (Å²) in [6.45, 7) is 1.29. The van der Waals surface area contributed by atoms with Gasteiger partial charge in [0.25, 0.3) is 0 Å². The number of aromatic nitrogens is 1. The van der Waals surface area contributed by atoms with Crippen LogP contribution in [0, 0.1) is 12.7 Å². The monoisotopic (exact) mass is 420 g/mol. The average Bonchev–Trinajstić information content (AvgIpc) is 3.15. The minimum absolute atomic E-state index is 0.0781. The molecule has 0 unspecified atom stereocenters. The number of benzene rings is 2. The molecular formula is C19H17FN2O4S2. The maximum Gasteiger partial charge on any atom is 0.321 e. The summed E-state index contributed by atoms with van der Waals surface area (Å²) >= 11 is 1.34. The number of carbonyl (C=O) groups is 1. The minimum Gasteiger partial charge on any atom is -0.458 e. The molecule has 9 heteroatoms. The van der Waals surface area contributed by atoms with E-state index in [2.05, 4.69) is 9.71 Å². The highest BCUT2D eigenvalue weighted by Gasteiger charge is 2.16.